The Morgan fingerprint density at radius 1 is 0.919 bits per heavy atom. The lowest BCUT2D eigenvalue weighted by atomic mass is 10.1. The van der Waals surface area contributed by atoms with Gasteiger partial charge in [0.2, 0.25) is 0 Å². The summed E-state index contributed by atoms with van der Waals surface area (Å²) < 4.78 is 24.3. The van der Waals surface area contributed by atoms with Crippen molar-refractivity contribution < 1.29 is 38.7 Å². The summed E-state index contributed by atoms with van der Waals surface area (Å²) in [5.74, 6) is -3.09. The zero-order valence-electron chi connectivity index (χ0n) is 21.1. The van der Waals surface area contributed by atoms with Gasteiger partial charge in [0.1, 0.15) is 12.2 Å². The molecule has 0 radical (unpaired) electrons. The smallest absolute Gasteiger partial charge is 0.328 e. The van der Waals surface area contributed by atoms with Crippen molar-refractivity contribution in [3.8, 4) is 0 Å². The Labute approximate surface area is 217 Å². The summed E-state index contributed by atoms with van der Waals surface area (Å²) in [7, 11) is 0. The molecule has 9 nitrogen and oxygen atoms in total. The molecule has 1 aliphatic heterocycles. The third-order valence-electron chi connectivity index (χ3n) is 5.86. The average molecular weight is 514 g/mol. The van der Waals surface area contributed by atoms with Gasteiger partial charge in [-0.25, -0.2) is 9.59 Å². The molecule has 2 aliphatic rings. The average Bonchev–Trinajstić information content (AvgIpc) is 3.36. The molecule has 0 spiro atoms. The highest BCUT2D eigenvalue weighted by Crippen LogP contribution is 2.39. The van der Waals surface area contributed by atoms with Crippen LogP contribution in [0.25, 0.3) is 0 Å². The van der Waals surface area contributed by atoms with Crippen LogP contribution in [0, 0.1) is 0 Å². The summed E-state index contributed by atoms with van der Waals surface area (Å²) in [6.45, 7) is 6.48. The molecule has 37 heavy (non-hydrogen) atoms. The molecule has 0 unspecified atom stereocenters. The summed E-state index contributed by atoms with van der Waals surface area (Å²) >= 11 is 0. The fourth-order valence-electron chi connectivity index (χ4n) is 4.31. The summed E-state index contributed by atoms with van der Waals surface area (Å²) in [6.07, 6.45) is 1.95. The number of carbonyl (C=O) groups is 2. The Morgan fingerprint density at radius 2 is 1.49 bits per heavy atom. The van der Waals surface area contributed by atoms with Crippen LogP contribution in [0.5, 0.6) is 0 Å². The first kappa shape index (κ1) is 28.5. The van der Waals surface area contributed by atoms with Gasteiger partial charge in [0.15, 0.2) is 5.79 Å². The maximum Gasteiger partial charge on any atom is 0.328 e. The Balaban J connectivity index is 0.000000414. The molecule has 1 heterocycles. The highest BCUT2D eigenvalue weighted by molar-refractivity contribution is 5.89. The number of carboxylic acids is 2. The summed E-state index contributed by atoms with van der Waals surface area (Å²) in [6, 6.07) is 20.8. The number of rotatable bonds is 11. The molecule has 3 N–H and O–H groups in total. The third-order valence-corrected chi connectivity index (χ3v) is 5.86. The van der Waals surface area contributed by atoms with Gasteiger partial charge in [-0.1, -0.05) is 60.7 Å². The van der Waals surface area contributed by atoms with E-state index in [4.69, 9.17) is 29.2 Å². The molecule has 200 valence electrons. The maximum atomic E-state index is 9.55. The Morgan fingerprint density at radius 3 is 2.08 bits per heavy atom. The van der Waals surface area contributed by atoms with E-state index in [-0.39, 0.29) is 24.4 Å². The van der Waals surface area contributed by atoms with Crippen LogP contribution in [0.4, 0.5) is 0 Å². The van der Waals surface area contributed by atoms with Gasteiger partial charge in [0, 0.05) is 24.7 Å². The van der Waals surface area contributed by atoms with E-state index in [2.05, 4.69) is 41.7 Å². The quantitative estimate of drug-likeness (QED) is 0.306. The molecule has 4 atom stereocenters. The molecule has 1 saturated heterocycles. The minimum Gasteiger partial charge on any atom is -0.478 e. The molecule has 2 aromatic rings. The van der Waals surface area contributed by atoms with E-state index >= 15 is 0 Å². The van der Waals surface area contributed by atoms with Gasteiger partial charge in [-0.2, -0.15) is 0 Å². The van der Waals surface area contributed by atoms with Gasteiger partial charge in [-0.15, -0.1) is 0 Å². The van der Waals surface area contributed by atoms with Gasteiger partial charge >= 0.3 is 11.9 Å². The molecule has 0 amide bonds. The van der Waals surface area contributed by atoms with Crippen LogP contribution in [0.3, 0.4) is 0 Å². The second-order valence-corrected chi connectivity index (χ2v) is 9.23. The highest BCUT2D eigenvalue weighted by Gasteiger charge is 2.54. The summed E-state index contributed by atoms with van der Waals surface area (Å²) in [4.78, 5) is 19.1. The number of carboxylic acid groups (broad SMARTS) is 2. The third kappa shape index (κ3) is 9.71. The fraction of sp³-hybridized carbons (Fsp3) is 0.429. The minimum atomic E-state index is -1.26. The predicted octanol–water partition coefficient (Wildman–Crippen LogP) is 3.38. The first-order chi connectivity index (χ1) is 17.7. The van der Waals surface area contributed by atoms with Gasteiger partial charge < -0.3 is 34.5 Å². The minimum absolute atomic E-state index is 0.00366. The van der Waals surface area contributed by atoms with Crippen LogP contribution in [0.15, 0.2) is 72.8 Å². The Kier molecular flexibility index (Phi) is 10.8. The number of nitrogens with one attached hydrogen (secondary N) is 1. The number of aliphatic carboxylic acids is 2. The number of benzene rings is 2. The Hall–Kier alpha value is -3.08. The monoisotopic (exact) mass is 513 g/mol. The Bertz CT molecular complexity index is 995. The predicted molar refractivity (Wildman–Crippen MR) is 136 cm³/mol. The number of fused-ring (bicyclic) bond motifs is 1. The normalized spacial score (nSPS) is 23.8. The van der Waals surface area contributed by atoms with Crippen molar-refractivity contribution in [1.29, 1.82) is 0 Å². The van der Waals surface area contributed by atoms with Crippen molar-refractivity contribution in [2.24, 2.45) is 0 Å². The number of hydrogen-bond acceptors (Lipinski definition) is 7. The maximum absolute atomic E-state index is 9.55. The van der Waals surface area contributed by atoms with Crippen molar-refractivity contribution in [3.05, 3.63) is 83.9 Å². The second kappa shape index (κ2) is 14.0. The topological polar surface area (TPSA) is 124 Å². The number of hydrogen-bond donors (Lipinski definition) is 3. The molecule has 2 aromatic carbocycles. The van der Waals surface area contributed by atoms with Crippen LogP contribution in [0.1, 0.15) is 31.4 Å². The van der Waals surface area contributed by atoms with E-state index in [9.17, 15) is 9.59 Å². The number of ether oxygens (including phenoxy) is 4. The molecule has 0 aromatic heterocycles. The molecule has 0 bridgehead atoms. The van der Waals surface area contributed by atoms with Gasteiger partial charge in [0.25, 0.3) is 0 Å². The summed E-state index contributed by atoms with van der Waals surface area (Å²) in [5, 5.41) is 19.3. The van der Waals surface area contributed by atoms with E-state index in [1.165, 1.54) is 11.1 Å². The standard InChI is InChI=1S/C24H31NO4.C4H4O4/c1-24(2)28-22-20(25-16-18-9-5-3-6-10-18)15-21(23(22)29-24)27-14-13-26-17-19-11-7-4-8-12-19;5-3(6)1-2-4(7)8/h3-12,20-23,25H,13-17H2,1-2H3;1-2H,(H,5,6)(H,7,8)/t20-,21+,22+,23-;/m1./s1. The van der Waals surface area contributed by atoms with E-state index < -0.39 is 17.7 Å². The van der Waals surface area contributed by atoms with Crippen molar-refractivity contribution in [2.75, 3.05) is 13.2 Å². The zero-order chi connectivity index (χ0) is 26.7. The van der Waals surface area contributed by atoms with Gasteiger partial charge in [-0.3, -0.25) is 0 Å². The van der Waals surface area contributed by atoms with Crippen molar-refractivity contribution in [1.82, 2.24) is 5.32 Å². The molecule has 4 rings (SSSR count). The van der Waals surface area contributed by atoms with Crippen LogP contribution in [-0.4, -0.2) is 65.5 Å². The van der Waals surface area contributed by atoms with Crippen LogP contribution in [-0.2, 0) is 41.7 Å². The first-order valence-corrected chi connectivity index (χ1v) is 12.2. The van der Waals surface area contributed by atoms with Gasteiger partial charge in [0.05, 0.1) is 25.9 Å². The zero-order valence-corrected chi connectivity index (χ0v) is 21.1. The van der Waals surface area contributed by atoms with Crippen LogP contribution in [0.2, 0.25) is 0 Å². The largest absolute Gasteiger partial charge is 0.478 e. The van der Waals surface area contributed by atoms with E-state index in [0.29, 0.717) is 32.0 Å². The first-order valence-electron chi connectivity index (χ1n) is 12.2. The fourth-order valence-corrected chi connectivity index (χ4v) is 4.31. The lowest BCUT2D eigenvalue weighted by Gasteiger charge is -2.24. The molecule has 9 heteroatoms. The second-order valence-electron chi connectivity index (χ2n) is 9.23. The lowest BCUT2D eigenvalue weighted by molar-refractivity contribution is -0.169. The van der Waals surface area contributed by atoms with Crippen molar-refractivity contribution >= 4 is 11.9 Å². The van der Waals surface area contributed by atoms with Gasteiger partial charge in [-0.05, 0) is 31.4 Å². The molecular weight excluding hydrogens is 478 g/mol. The molecule has 1 saturated carbocycles. The lowest BCUT2D eigenvalue weighted by Crippen LogP contribution is -2.39. The van der Waals surface area contributed by atoms with Crippen LogP contribution >= 0.6 is 0 Å². The molecular formula is C28H35NO8. The van der Waals surface area contributed by atoms with Crippen molar-refractivity contribution in [2.45, 2.75) is 63.6 Å². The van der Waals surface area contributed by atoms with Crippen molar-refractivity contribution in [3.63, 3.8) is 0 Å². The van der Waals surface area contributed by atoms with Crippen LogP contribution < -0.4 is 5.32 Å². The van der Waals surface area contributed by atoms with E-state index in [1.807, 2.05) is 38.1 Å². The molecule has 2 fully saturated rings. The van der Waals surface area contributed by atoms with E-state index in [0.717, 1.165) is 13.0 Å². The highest BCUT2D eigenvalue weighted by atomic mass is 16.8. The van der Waals surface area contributed by atoms with E-state index in [1.54, 1.807) is 0 Å². The molecule has 1 aliphatic carbocycles. The SMILES string of the molecule is CC1(C)O[C@@H]2[C@H](O1)[C@@H](OCCOCc1ccccc1)C[C@H]2NCc1ccccc1.O=C(O)C=CC(=O)O. The summed E-state index contributed by atoms with van der Waals surface area (Å²) in [5.41, 5.74) is 2.44.